The van der Waals surface area contributed by atoms with Gasteiger partial charge in [0.25, 0.3) is 5.91 Å². The van der Waals surface area contributed by atoms with Gasteiger partial charge in [-0.2, -0.15) is 0 Å². The second kappa shape index (κ2) is 20.0. The number of hydrogen-bond donors (Lipinski definition) is 2. The SMILES string of the molecule is O=C(NOCc1ccccc1)[C@H](OCc1ccccc1)[C@@H](OCc1ccccc1)[C@H](OCc1ccccc1)[C@H](O)COCc1ccccc1. The van der Waals surface area contributed by atoms with Crippen molar-refractivity contribution in [2.45, 2.75) is 57.5 Å². The number of rotatable bonds is 20. The molecule has 0 saturated heterocycles. The highest BCUT2D eigenvalue weighted by atomic mass is 16.7. The number of carbonyl (C=O) groups excluding carboxylic acids is 1. The van der Waals surface area contributed by atoms with Crippen molar-refractivity contribution in [1.82, 2.24) is 5.48 Å². The van der Waals surface area contributed by atoms with Crippen molar-refractivity contribution in [2.75, 3.05) is 6.61 Å². The van der Waals surface area contributed by atoms with Gasteiger partial charge in [0.1, 0.15) is 18.3 Å². The number of nitrogens with one attached hydrogen (secondary N) is 1. The molecule has 0 unspecified atom stereocenters. The third-order valence-corrected chi connectivity index (χ3v) is 7.76. The maximum Gasteiger partial charge on any atom is 0.275 e. The highest BCUT2D eigenvalue weighted by Gasteiger charge is 2.41. The Kier molecular flexibility index (Phi) is 14.5. The molecule has 0 aliphatic rings. The van der Waals surface area contributed by atoms with Crippen LogP contribution in [-0.4, -0.2) is 42.0 Å². The zero-order chi connectivity index (χ0) is 33.9. The second-order valence-corrected chi connectivity index (χ2v) is 11.5. The Bertz CT molecular complexity index is 1610. The molecular weight excluding hydrogens is 618 g/mol. The first kappa shape index (κ1) is 35.6. The topological polar surface area (TPSA) is 95.5 Å². The van der Waals surface area contributed by atoms with Crippen molar-refractivity contribution in [3.8, 4) is 0 Å². The quantitative estimate of drug-likeness (QED) is 0.0912. The van der Waals surface area contributed by atoms with Gasteiger partial charge in [0, 0.05) is 0 Å². The third-order valence-electron chi connectivity index (χ3n) is 7.76. The third kappa shape index (κ3) is 12.1. The average Bonchev–Trinajstić information content (AvgIpc) is 3.15. The molecule has 0 saturated carbocycles. The number of aliphatic hydroxyl groups excluding tert-OH is 1. The molecule has 0 bridgehead atoms. The van der Waals surface area contributed by atoms with Crippen LogP contribution in [-0.2, 0) is 61.6 Å². The normalized spacial score (nSPS) is 13.7. The predicted octanol–water partition coefficient (Wildman–Crippen LogP) is 6.57. The minimum atomic E-state index is -1.25. The highest BCUT2D eigenvalue weighted by molar-refractivity contribution is 5.80. The predicted molar refractivity (Wildman–Crippen MR) is 187 cm³/mol. The zero-order valence-corrected chi connectivity index (χ0v) is 27.4. The zero-order valence-electron chi connectivity index (χ0n) is 27.4. The summed E-state index contributed by atoms with van der Waals surface area (Å²) in [6.07, 6.45) is -4.55. The fraction of sp³-hybridized carbons (Fsp3) is 0.244. The molecule has 5 aromatic carbocycles. The maximum atomic E-state index is 14.0. The summed E-state index contributed by atoms with van der Waals surface area (Å²) in [5, 5.41) is 11.7. The summed E-state index contributed by atoms with van der Waals surface area (Å²) in [5.74, 6) is -0.573. The van der Waals surface area contributed by atoms with E-state index in [4.69, 9.17) is 23.8 Å². The van der Waals surface area contributed by atoms with Crippen LogP contribution in [0.15, 0.2) is 152 Å². The Balaban J connectivity index is 1.42. The fourth-order valence-corrected chi connectivity index (χ4v) is 5.18. The van der Waals surface area contributed by atoms with E-state index in [-0.39, 0.29) is 33.0 Å². The molecule has 0 spiro atoms. The lowest BCUT2D eigenvalue weighted by atomic mass is 10.0. The Morgan fingerprint density at radius 2 is 0.857 bits per heavy atom. The molecule has 49 heavy (non-hydrogen) atoms. The Labute approximate surface area is 288 Å². The molecular formula is C41H43NO7. The Hall–Kier alpha value is -4.67. The molecule has 0 fully saturated rings. The van der Waals surface area contributed by atoms with E-state index in [0.717, 1.165) is 27.8 Å². The van der Waals surface area contributed by atoms with Gasteiger partial charge in [0.15, 0.2) is 6.10 Å². The second-order valence-electron chi connectivity index (χ2n) is 11.5. The molecule has 0 radical (unpaired) electrons. The lowest BCUT2D eigenvalue weighted by Gasteiger charge is -2.35. The van der Waals surface area contributed by atoms with Crippen molar-refractivity contribution in [3.05, 3.63) is 179 Å². The van der Waals surface area contributed by atoms with Gasteiger partial charge < -0.3 is 24.1 Å². The monoisotopic (exact) mass is 661 g/mol. The molecule has 254 valence electrons. The molecule has 0 heterocycles. The van der Waals surface area contributed by atoms with E-state index in [1.54, 1.807) is 0 Å². The molecule has 4 atom stereocenters. The van der Waals surface area contributed by atoms with Gasteiger partial charge in [-0.15, -0.1) is 0 Å². The molecule has 2 N–H and O–H groups in total. The molecule has 8 nitrogen and oxygen atoms in total. The number of hydroxylamine groups is 1. The van der Waals surface area contributed by atoms with E-state index in [0.29, 0.717) is 6.61 Å². The minimum absolute atomic E-state index is 0.0723. The first-order valence-electron chi connectivity index (χ1n) is 16.4. The van der Waals surface area contributed by atoms with Crippen molar-refractivity contribution < 1.29 is 33.7 Å². The van der Waals surface area contributed by atoms with Crippen molar-refractivity contribution in [2.24, 2.45) is 0 Å². The standard InChI is InChI=1S/C41H43NO7/c43-37(31-45-26-32-16-6-1-7-17-32)38(46-27-33-18-8-2-9-19-33)39(47-28-34-20-10-3-11-21-34)40(48-29-35-22-12-4-13-23-35)41(44)42-49-30-36-24-14-5-15-25-36/h1-25,37-40,43H,26-31H2,(H,42,44)/t37-,38-,39+,40-/m1/s1. The smallest absolute Gasteiger partial charge is 0.275 e. The van der Waals surface area contributed by atoms with Gasteiger partial charge >= 0.3 is 0 Å². The van der Waals surface area contributed by atoms with Crippen LogP contribution in [0.1, 0.15) is 27.8 Å². The van der Waals surface area contributed by atoms with E-state index in [1.165, 1.54) is 0 Å². The number of amides is 1. The molecule has 8 heteroatoms. The first-order chi connectivity index (χ1) is 24.2. The number of ether oxygens (including phenoxy) is 4. The van der Waals surface area contributed by atoms with E-state index < -0.39 is 30.3 Å². The van der Waals surface area contributed by atoms with Crippen LogP contribution in [0.4, 0.5) is 0 Å². The number of carbonyl (C=O) groups is 1. The number of aliphatic hydroxyl groups is 1. The maximum absolute atomic E-state index is 14.0. The summed E-state index contributed by atoms with van der Waals surface area (Å²) >= 11 is 0. The summed E-state index contributed by atoms with van der Waals surface area (Å²) in [7, 11) is 0. The molecule has 0 aliphatic carbocycles. The van der Waals surface area contributed by atoms with Crippen LogP contribution in [0.5, 0.6) is 0 Å². The van der Waals surface area contributed by atoms with Crippen LogP contribution >= 0.6 is 0 Å². The average molecular weight is 662 g/mol. The van der Waals surface area contributed by atoms with Crippen molar-refractivity contribution >= 4 is 5.91 Å². The molecule has 1 amide bonds. The summed E-state index contributed by atoms with van der Waals surface area (Å²) in [5.41, 5.74) is 7.05. The highest BCUT2D eigenvalue weighted by Crippen LogP contribution is 2.22. The minimum Gasteiger partial charge on any atom is -0.388 e. The van der Waals surface area contributed by atoms with Crippen LogP contribution in [0.25, 0.3) is 0 Å². The van der Waals surface area contributed by atoms with Crippen LogP contribution < -0.4 is 5.48 Å². The number of benzene rings is 5. The van der Waals surface area contributed by atoms with Crippen molar-refractivity contribution in [1.29, 1.82) is 0 Å². The largest absolute Gasteiger partial charge is 0.388 e. The first-order valence-corrected chi connectivity index (χ1v) is 16.4. The molecule has 5 aromatic rings. The summed E-state index contributed by atoms with van der Waals surface area (Å²) in [6, 6.07) is 48.0. The molecule has 0 aromatic heterocycles. The van der Waals surface area contributed by atoms with E-state index >= 15 is 0 Å². The van der Waals surface area contributed by atoms with Gasteiger partial charge in [0.2, 0.25) is 0 Å². The lowest BCUT2D eigenvalue weighted by Crippen LogP contribution is -2.55. The van der Waals surface area contributed by atoms with Crippen molar-refractivity contribution in [3.63, 3.8) is 0 Å². The summed E-state index contributed by atoms with van der Waals surface area (Å²) in [4.78, 5) is 19.6. The van der Waals surface area contributed by atoms with E-state index in [2.05, 4.69) is 5.48 Å². The fourth-order valence-electron chi connectivity index (χ4n) is 5.18. The van der Waals surface area contributed by atoms with Gasteiger partial charge in [0.05, 0.1) is 39.6 Å². The summed E-state index contributed by atoms with van der Waals surface area (Å²) in [6.45, 7) is 0.769. The van der Waals surface area contributed by atoms with Gasteiger partial charge in [-0.1, -0.05) is 152 Å². The Morgan fingerprint density at radius 1 is 0.490 bits per heavy atom. The number of hydrogen-bond acceptors (Lipinski definition) is 7. The van der Waals surface area contributed by atoms with E-state index in [1.807, 2.05) is 152 Å². The van der Waals surface area contributed by atoms with Gasteiger partial charge in [-0.05, 0) is 27.8 Å². The van der Waals surface area contributed by atoms with Crippen LogP contribution in [0.3, 0.4) is 0 Å². The van der Waals surface area contributed by atoms with Gasteiger partial charge in [-0.3, -0.25) is 9.63 Å². The van der Waals surface area contributed by atoms with Crippen LogP contribution in [0.2, 0.25) is 0 Å². The Morgan fingerprint density at radius 3 is 1.31 bits per heavy atom. The molecule has 5 rings (SSSR count). The molecule has 0 aliphatic heterocycles. The van der Waals surface area contributed by atoms with Gasteiger partial charge in [-0.25, -0.2) is 5.48 Å². The van der Waals surface area contributed by atoms with Crippen LogP contribution in [0, 0.1) is 0 Å². The van der Waals surface area contributed by atoms with E-state index in [9.17, 15) is 9.90 Å². The summed E-state index contributed by atoms with van der Waals surface area (Å²) < 4.78 is 25.3. The lowest BCUT2D eigenvalue weighted by molar-refractivity contribution is -0.196.